The number of hydrogen-bond acceptors (Lipinski definition) is 3. The Morgan fingerprint density at radius 2 is 1.85 bits per heavy atom. The molecule has 0 heterocycles. The molecule has 0 unspecified atom stereocenters. The lowest BCUT2D eigenvalue weighted by molar-refractivity contribution is -0.117. The molecule has 2 rings (SSSR count). The summed E-state index contributed by atoms with van der Waals surface area (Å²) in [5, 5.41) is 2.37. The smallest absolute Gasteiger partial charge is 0.248 e. The number of carbonyl (C=O) groups excluding carboxylic acids is 1. The molecule has 0 spiro atoms. The first-order valence-electron chi connectivity index (χ1n) is 7.65. The number of halogens is 3. The first-order valence-corrected chi connectivity index (χ1v) is 10.3. The molecule has 5 nitrogen and oxygen atoms in total. The number of carbonyl (C=O) groups is 1. The van der Waals surface area contributed by atoms with Crippen LogP contribution in [0.25, 0.3) is 0 Å². The van der Waals surface area contributed by atoms with Gasteiger partial charge in [0, 0.05) is 4.47 Å². The molecule has 1 amide bonds. The van der Waals surface area contributed by atoms with Crippen LogP contribution in [0.1, 0.15) is 13.3 Å². The molecule has 0 aliphatic rings. The molecule has 2 aromatic carbocycles. The predicted octanol–water partition coefficient (Wildman–Crippen LogP) is 3.91. The molecule has 0 aliphatic heterocycles. The molecule has 26 heavy (non-hydrogen) atoms. The highest BCUT2D eigenvalue weighted by molar-refractivity contribution is 9.10. The highest BCUT2D eigenvalue weighted by atomic mass is 79.9. The number of benzene rings is 2. The maximum Gasteiger partial charge on any atom is 0.248 e. The fourth-order valence-corrected chi connectivity index (χ4v) is 4.02. The summed E-state index contributed by atoms with van der Waals surface area (Å²) in [6.07, 6.45) is 0.945. The molecule has 0 bridgehead atoms. The van der Waals surface area contributed by atoms with Crippen LogP contribution in [-0.2, 0) is 14.8 Å². The molecule has 0 saturated carbocycles. The number of hydrogen-bond donors (Lipinski definition) is 1. The lowest BCUT2D eigenvalue weighted by Gasteiger charge is -2.30. The summed E-state index contributed by atoms with van der Waals surface area (Å²) in [6.45, 7) is 1.58. The van der Waals surface area contributed by atoms with Crippen LogP contribution < -0.4 is 9.62 Å². The first kappa shape index (κ1) is 20.3. The number of sulfonamides is 1. The third kappa shape index (κ3) is 4.59. The number of nitrogens with zero attached hydrogens (tertiary/aromatic N) is 1. The van der Waals surface area contributed by atoms with Crippen molar-refractivity contribution in [2.75, 3.05) is 15.9 Å². The van der Waals surface area contributed by atoms with Gasteiger partial charge in [0.05, 0.1) is 17.6 Å². The van der Waals surface area contributed by atoms with Gasteiger partial charge in [0.2, 0.25) is 15.9 Å². The van der Waals surface area contributed by atoms with Crippen molar-refractivity contribution in [1.82, 2.24) is 0 Å². The van der Waals surface area contributed by atoms with Gasteiger partial charge in [-0.05, 0) is 36.8 Å². The monoisotopic (exact) mass is 446 g/mol. The van der Waals surface area contributed by atoms with Crippen molar-refractivity contribution in [3.63, 3.8) is 0 Å². The van der Waals surface area contributed by atoms with E-state index in [1.807, 2.05) is 0 Å². The largest absolute Gasteiger partial charge is 0.322 e. The Morgan fingerprint density at radius 1 is 1.19 bits per heavy atom. The summed E-state index contributed by atoms with van der Waals surface area (Å²) in [4.78, 5) is 12.6. The van der Waals surface area contributed by atoms with E-state index in [4.69, 9.17) is 0 Å². The number of anilines is 2. The molecule has 1 N–H and O–H groups in total. The maximum atomic E-state index is 14.2. The van der Waals surface area contributed by atoms with E-state index < -0.39 is 33.6 Å². The van der Waals surface area contributed by atoms with E-state index in [9.17, 15) is 22.0 Å². The molecule has 0 aromatic heterocycles. The van der Waals surface area contributed by atoms with Gasteiger partial charge in [0.1, 0.15) is 17.7 Å². The van der Waals surface area contributed by atoms with Crippen LogP contribution >= 0.6 is 15.9 Å². The number of amides is 1. The van der Waals surface area contributed by atoms with Gasteiger partial charge in [-0.1, -0.05) is 35.0 Å². The maximum absolute atomic E-state index is 14.2. The van der Waals surface area contributed by atoms with Crippen molar-refractivity contribution in [3.8, 4) is 0 Å². The van der Waals surface area contributed by atoms with E-state index in [1.165, 1.54) is 36.4 Å². The Bertz CT molecular complexity index is 922. The third-order valence-electron chi connectivity index (χ3n) is 3.61. The van der Waals surface area contributed by atoms with Gasteiger partial charge in [0.15, 0.2) is 0 Å². The molecular weight excluding hydrogens is 430 g/mol. The predicted molar refractivity (Wildman–Crippen MR) is 101 cm³/mol. The summed E-state index contributed by atoms with van der Waals surface area (Å²) in [5.74, 6) is -2.22. The normalized spacial score (nSPS) is 12.5. The van der Waals surface area contributed by atoms with Crippen LogP contribution in [0.3, 0.4) is 0 Å². The van der Waals surface area contributed by atoms with Gasteiger partial charge in [-0.15, -0.1) is 0 Å². The fourth-order valence-electron chi connectivity index (χ4n) is 2.47. The summed E-state index contributed by atoms with van der Waals surface area (Å²) in [7, 11) is -3.97. The summed E-state index contributed by atoms with van der Waals surface area (Å²) < 4.78 is 53.8. The van der Waals surface area contributed by atoms with Gasteiger partial charge in [-0.2, -0.15) is 0 Å². The van der Waals surface area contributed by atoms with Crippen molar-refractivity contribution in [2.45, 2.75) is 19.4 Å². The lowest BCUT2D eigenvalue weighted by atomic mass is 10.1. The quantitative estimate of drug-likeness (QED) is 0.731. The first-order chi connectivity index (χ1) is 12.1. The molecule has 0 saturated heterocycles. The van der Waals surface area contributed by atoms with Crippen LogP contribution in [0.2, 0.25) is 0 Å². The molecule has 1 atom stereocenters. The van der Waals surface area contributed by atoms with Crippen molar-refractivity contribution < 1.29 is 22.0 Å². The molecule has 9 heteroatoms. The van der Waals surface area contributed by atoms with Gasteiger partial charge in [-0.25, -0.2) is 17.2 Å². The van der Waals surface area contributed by atoms with Crippen LogP contribution in [0.4, 0.5) is 20.2 Å². The molecule has 2 aromatic rings. The second-order valence-corrected chi connectivity index (χ2v) is 8.32. The van der Waals surface area contributed by atoms with E-state index >= 15 is 0 Å². The minimum Gasteiger partial charge on any atom is -0.322 e. The third-order valence-corrected chi connectivity index (χ3v) is 5.27. The standard InChI is InChI=1S/C17H17BrF2N2O3S/c1-3-15(17(23)21-14-9-8-11(18)10-13(14)20)22(26(2,24)25)16-7-5-4-6-12(16)19/h4-10,15H,3H2,1-2H3,(H,21,23)/t15-/m1/s1. The van der Waals surface area contributed by atoms with Gasteiger partial charge >= 0.3 is 0 Å². The Hall–Kier alpha value is -2.00. The Morgan fingerprint density at radius 3 is 2.38 bits per heavy atom. The summed E-state index contributed by atoms with van der Waals surface area (Å²) in [6, 6.07) is 8.06. The van der Waals surface area contributed by atoms with Gasteiger partial charge in [-0.3, -0.25) is 9.10 Å². The van der Waals surface area contributed by atoms with Crippen molar-refractivity contribution in [3.05, 3.63) is 58.6 Å². The zero-order valence-corrected chi connectivity index (χ0v) is 16.4. The highest BCUT2D eigenvalue weighted by Gasteiger charge is 2.33. The topological polar surface area (TPSA) is 66.5 Å². The van der Waals surface area contributed by atoms with Crippen molar-refractivity contribution in [1.29, 1.82) is 0 Å². The molecule has 0 radical (unpaired) electrons. The number of rotatable bonds is 6. The van der Waals surface area contributed by atoms with Gasteiger partial charge < -0.3 is 5.32 Å². The lowest BCUT2D eigenvalue weighted by Crippen LogP contribution is -2.47. The molecule has 140 valence electrons. The zero-order chi connectivity index (χ0) is 19.5. The van der Waals surface area contributed by atoms with E-state index in [-0.39, 0.29) is 17.8 Å². The van der Waals surface area contributed by atoms with Crippen LogP contribution in [0.5, 0.6) is 0 Å². The van der Waals surface area contributed by atoms with E-state index in [1.54, 1.807) is 6.92 Å². The average molecular weight is 447 g/mol. The Balaban J connectivity index is 2.42. The second-order valence-electron chi connectivity index (χ2n) is 5.55. The minimum atomic E-state index is -3.97. The van der Waals surface area contributed by atoms with Crippen LogP contribution in [0, 0.1) is 11.6 Å². The van der Waals surface area contributed by atoms with Crippen LogP contribution in [-0.4, -0.2) is 26.6 Å². The molecule has 0 fully saturated rings. The Kier molecular flexibility index (Phi) is 6.35. The van der Waals surface area contributed by atoms with Crippen molar-refractivity contribution >= 4 is 43.2 Å². The molecular formula is C17H17BrF2N2O3S. The SMILES string of the molecule is CC[C@H](C(=O)Nc1ccc(Br)cc1F)N(c1ccccc1F)S(C)(=O)=O. The molecule has 0 aliphatic carbocycles. The van der Waals surface area contributed by atoms with E-state index in [0.717, 1.165) is 12.3 Å². The number of para-hydroxylation sites is 1. The minimum absolute atomic E-state index is 0.0609. The van der Waals surface area contributed by atoms with E-state index in [2.05, 4.69) is 21.2 Å². The summed E-state index contributed by atoms with van der Waals surface area (Å²) in [5.41, 5.74) is -0.341. The van der Waals surface area contributed by atoms with Crippen molar-refractivity contribution in [2.24, 2.45) is 0 Å². The van der Waals surface area contributed by atoms with Crippen LogP contribution in [0.15, 0.2) is 46.9 Å². The fraction of sp³-hybridized carbons (Fsp3) is 0.235. The zero-order valence-electron chi connectivity index (χ0n) is 14.0. The van der Waals surface area contributed by atoms with Gasteiger partial charge in [0.25, 0.3) is 0 Å². The Labute approximate surface area is 159 Å². The highest BCUT2D eigenvalue weighted by Crippen LogP contribution is 2.26. The average Bonchev–Trinajstić information content (AvgIpc) is 2.55. The second kappa shape index (κ2) is 8.13. The number of nitrogens with one attached hydrogen (secondary N) is 1. The van der Waals surface area contributed by atoms with E-state index in [0.29, 0.717) is 8.78 Å². The summed E-state index contributed by atoms with van der Waals surface area (Å²) >= 11 is 3.11.